The Kier molecular flexibility index (Phi) is 7.74. The normalized spacial score (nSPS) is 14.1. The smallest absolute Gasteiger partial charge is 0.335 e. The fourth-order valence-corrected chi connectivity index (χ4v) is 5.36. The zero-order valence-electron chi connectivity index (χ0n) is 18.7. The summed E-state index contributed by atoms with van der Waals surface area (Å²) in [4.78, 5) is 26.2. The minimum atomic E-state index is -1.09. The van der Waals surface area contributed by atoms with Gasteiger partial charge in [-0.15, -0.1) is 0 Å². The second-order valence-corrected chi connectivity index (χ2v) is 9.99. The highest BCUT2D eigenvalue weighted by molar-refractivity contribution is 9.10. The first-order chi connectivity index (χ1) is 17.3. The predicted octanol–water partition coefficient (Wildman–Crippen LogP) is 6.01. The summed E-state index contributed by atoms with van der Waals surface area (Å²) < 4.78 is 12.4. The Hall–Kier alpha value is -3.65. The Labute approximate surface area is 225 Å². The van der Waals surface area contributed by atoms with Gasteiger partial charge in [0.05, 0.1) is 39.4 Å². The molecule has 36 heavy (non-hydrogen) atoms. The Morgan fingerprint density at radius 1 is 1.22 bits per heavy atom. The number of carbonyl (C=O) groups is 2. The maximum atomic E-state index is 13.1. The van der Waals surface area contributed by atoms with E-state index < -0.39 is 5.97 Å². The number of anilines is 1. The molecule has 0 aromatic heterocycles. The van der Waals surface area contributed by atoms with Gasteiger partial charge in [0, 0.05) is 5.56 Å². The standard InChI is InChI=1S/C26H17BrN2O5S2/c1-33-21-10-15(9-20(27)23(21)34-14-18-6-3-2-5-17(18)13-28)11-22-24(30)29(26(35)36-22)19-8-4-7-16(12-19)25(31)32/h2-12H,14H2,1H3,(H,31,32)/b22-11+. The van der Waals surface area contributed by atoms with Crippen LogP contribution in [0.25, 0.3) is 6.08 Å². The molecular formula is C26H17BrN2O5S2. The van der Waals surface area contributed by atoms with Crippen LogP contribution in [0.2, 0.25) is 0 Å². The number of carbonyl (C=O) groups excluding carboxylic acids is 1. The summed E-state index contributed by atoms with van der Waals surface area (Å²) in [7, 11) is 1.51. The monoisotopic (exact) mass is 580 g/mol. The molecule has 1 saturated heterocycles. The van der Waals surface area contributed by atoms with Crippen molar-refractivity contribution in [3.63, 3.8) is 0 Å². The number of methoxy groups -OCH3 is 1. The Balaban J connectivity index is 1.60. The van der Waals surface area contributed by atoms with E-state index >= 15 is 0 Å². The molecule has 180 valence electrons. The molecule has 0 saturated carbocycles. The number of carboxylic acid groups (broad SMARTS) is 1. The van der Waals surface area contributed by atoms with Crippen LogP contribution >= 0.6 is 39.9 Å². The quantitative estimate of drug-likeness (QED) is 0.268. The van der Waals surface area contributed by atoms with Crippen LogP contribution in [0, 0.1) is 11.3 Å². The first-order valence-corrected chi connectivity index (χ1v) is 12.4. The van der Waals surface area contributed by atoms with E-state index in [2.05, 4.69) is 22.0 Å². The van der Waals surface area contributed by atoms with Crippen LogP contribution in [-0.2, 0) is 11.4 Å². The summed E-state index contributed by atoms with van der Waals surface area (Å²) in [6, 6.07) is 18.9. The van der Waals surface area contributed by atoms with Crippen LogP contribution < -0.4 is 14.4 Å². The third-order valence-corrected chi connectivity index (χ3v) is 7.10. The minimum Gasteiger partial charge on any atom is -0.493 e. The van der Waals surface area contributed by atoms with Gasteiger partial charge >= 0.3 is 5.97 Å². The van der Waals surface area contributed by atoms with Crippen molar-refractivity contribution in [3.05, 3.63) is 92.3 Å². The average Bonchev–Trinajstić information content (AvgIpc) is 3.15. The van der Waals surface area contributed by atoms with Gasteiger partial charge in [0.25, 0.3) is 5.91 Å². The lowest BCUT2D eigenvalue weighted by Gasteiger charge is -2.15. The van der Waals surface area contributed by atoms with Gasteiger partial charge in [0.2, 0.25) is 0 Å². The summed E-state index contributed by atoms with van der Waals surface area (Å²) in [6.07, 6.45) is 1.68. The van der Waals surface area contributed by atoms with E-state index in [1.165, 1.54) is 24.1 Å². The van der Waals surface area contributed by atoms with Crippen LogP contribution in [0.4, 0.5) is 5.69 Å². The van der Waals surface area contributed by atoms with Crippen LogP contribution in [-0.4, -0.2) is 28.4 Å². The highest BCUT2D eigenvalue weighted by Gasteiger charge is 2.33. The maximum absolute atomic E-state index is 13.1. The fraction of sp³-hybridized carbons (Fsp3) is 0.0769. The number of halogens is 1. The van der Waals surface area contributed by atoms with Crippen molar-refractivity contribution >= 4 is 67.9 Å². The van der Waals surface area contributed by atoms with Gasteiger partial charge in [-0.25, -0.2) is 4.79 Å². The number of benzene rings is 3. The molecule has 3 aromatic rings. The van der Waals surface area contributed by atoms with E-state index in [0.29, 0.717) is 42.0 Å². The molecule has 1 aliphatic rings. The molecule has 0 aliphatic carbocycles. The van der Waals surface area contributed by atoms with Gasteiger partial charge in [-0.2, -0.15) is 5.26 Å². The summed E-state index contributed by atoms with van der Waals surface area (Å²) in [5.74, 6) is -0.542. The van der Waals surface area contributed by atoms with Crippen LogP contribution in [0.5, 0.6) is 11.5 Å². The van der Waals surface area contributed by atoms with Crippen molar-refractivity contribution in [1.29, 1.82) is 5.26 Å². The van der Waals surface area contributed by atoms with E-state index in [0.717, 1.165) is 17.3 Å². The number of hydrogen-bond acceptors (Lipinski definition) is 7. The molecule has 7 nitrogen and oxygen atoms in total. The highest BCUT2D eigenvalue weighted by Crippen LogP contribution is 2.40. The largest absolute Gasteiger partial charge is 0.493 e. The number of carboxylic acids is 1. The van der Waals surface area contributed by atoms with Crippen molar-refractivity contribution in [2.75, 3.05) is 12.0 Å². The number of aromatic carboxylic acids is 1. The summed E-state index contributed by atoms with van der Waals surface area (Å²) in [5.41, 5.74) is 2.39. The number of ether oxygens (including phenoxy) is 2. The van der Waals surface area contributed by atoms with Crippen LogP contribution in [0.15, 0.2) is 70.0 Å². The van der Waals surface area contributed by atoms with Crippen molar-refractivity contribution < 1.29 is 24.2 Å². The number of amides is 1. The zero-order valence-corrected chi connectivity index (χ0v) is 21.9. The molecule has 4 rings (SSSR count). The molecule has 0 spiro atoms. The molecule has 1 aliphatic heterocycles. The molecule has 0 radical (unpaired) electrons. The van der Waals surface area contributed by atoms with Crippen LogP contribution in [0.1, 0.15) is 27.0 Å². The SMILES string of the molecule is COc1cc(/C=C2/SC(=S)N(c3cccc(C(=O)O)c3)C2=O)cc(Br)c1OCc1ccccc1C#N. The highest BCUT2D eigenvalue weighted by atomic mass is 79.9. The molecule has 0 unspecified atom stereocenters. The van der Waals surface area contributed by atoms with Crippen LogP contribution in [0.3, 0.4) is 0 Å². The Morgan fingerprint density at radius 3 is 2.72 bits per heavy atom. The first-order valence-electron chi connectivity index (χ1n) is 10.4. The van der Waals surface area contributed by atoms with Crippen molar-refractivity contribution in [2.45, 2.75) is 6.61 Å². The summed E-state index contributed by atoms with van der Waals surface area (Å²) in [5, 5.41) is 18.6. The number of nitrogens with zero attached hydrogens (tertiary/aromatic N) is 2. The van der Waals surface area contributed by atoms with Gasteiger partial charge in [0.15, 0.2) is 15.8 Å². The maximum Gasteiger partial charge on any atom is 0.335 e. The van der Waals surface area contributed by atoms with Crippen molar-refractivity contribution in [1.82, 2.24) is 0 Å². The minimum absolute atomic E-state index is 0.0622. The second-order valence-electron chi connectivity index (χ2n) is 7.46. The molecule has 1 heterocycles. The van der Waals surface area contributed by atoms with E-state index in [1.807, 2.05) is 12.1 Å². The third kappa shape index (κ3) is 5.28. The molecular weight excluding hydrogens is 564 g/mol. The Morgan fingerprint density at radius 2 is 2.00 bits per heavy atom. The predicted molar refractivity (Wildman–Crippen MR) is 145 cm³/mol. The molecule has 1 amide bonds. The van der Waals surface area contributed by atoms with E-state index in [1.54, 1.807) is 42.5 Å². The van der Waals surface area contributed by atoms with E-state index in [9.17, 15) is 20.0 Å². The van der Waals surface area contributed by atoms with E-state index in [4.69, 9.17) is 21.7 Å². The number of hydrogen-bond donors (Lipinski definition) is 1. The fourth-order valence-electron chi connectivity index (χ4n) is 3.49. The number of thioether (sulfide) groups is 1. The first kappa shape index (κ1) is 25.4. The topological polar surface area (TPSA) is 99.9 Å². The molecule has 1 N–H and O–H groups in total. The lowest BCUT2D eigenvalue weighted by atomic mass is 10.1. The lowest BCUT2D eigenvalue weighted by Crippen LogP contribution is -2.27. The molecule has 0 bridgehead atoms. The van der Waals surface area contributed by atoms with E-state index in [-0.39, 0.29) is 18.1 Å². The van der Waals surface area contributed by atoms with Gasteiger partial charge < -0.3 is 14.6 Å². The van der Waals surface area contributed by atoms with Gasteiger partial charge in [-0.3, -0.25) is 9.69 Å². The molecule has 10 heteroatoms. The van der Waals surface area contributed by atoms with Crippen molar-refractivity contribution in [3.8, 4) is 17.6 Å². The average molecular weight is 581 g/mol. The number of thiocarbonyl (C=S) groups is 1. The third-order valence-electron chi connectivity index (χ3n) is 5.20. The van der Waals surface area contributed by atoms with Gasteiger partial charge in [0.1, 0.15) is 6.61 Å². The zero-order chi connectivity index (χ0) is 25.8. The second kappa shape index (κ2) is 11.0. The molecule has 0 atom stereocenters. The van der Waals surface area contributed by atoms with Crippen molar-refractivity contribution in [2.24, 2.45) is 0 Å². The summed E-state index contributed by atoms with van der Waals surface area (Å²) in [6.45, 7) is 0.173. The number of nitriles is 1. The Bertz CT molecular complexity index is 1460. The van der Waals surface area contributed by atoms with Gasteiger partial charge in [-0.1, -0.05) is 48.2 Å². The summed E-state index contributed by atoms with van der Waals surface area (Å²) >= 11 is 10.0. The van der Waals surface area contributed by atoms with Gasteiger partial charge in [-0.05, 0) is 64.0 Å². The number of rotatable bonds is 7. The lowest BCUT2D eigenvalue weighted by molar-refractivity contribution is -0.113. The molecule has 1 fully saturated rings. The molecule has 3 aromatic carbocycles.